The highest BCUT2D eigenvalue weighted by molar-refractivity contribution is 7.92. The van der Waals surface area contributed by atoms with Crippen LogP contribution in [-0.4, -0.2) is 40.6 Å². The fraction of sp³-hybridized carbons (Fsp3) is 0.227. The Bertz CT molecular complexity index is 1080. The predicted octanol–water partition coefficient (Wildman–Crippen LogP) is 4.05. The molecule has 0 aromatic heterocycles. The lowest BCUT2D eigenvalue weighted by atomic mass is 10.2. The molecule has 1 aliphatic heterocycles. The van der Waals surface area contributed by atoms with Gasteiger partial charge in [0.1, 0.15) is 4.90 Å². The van der Waals surface area contributed by atoms with Gasteiger partial charge in [-0.1, -0.05) is 29.8 Å². The molecule has 0 atom stereocenters. The van der Waals surface area contributed by atoms with Gasteiger partial charge in [0.05, 0.1) is 18.9 Å². The number of anilines is 3. The van der Waals surface area contributed by atoms with E-state index in [4.69, 9.17) is 16.3 Å². The van der Waals surface area contributed by atoms with Gasteiger partial charge < -0.3 is 15.0 Å². The number of allylic oxidation sites excluding steroid dienone is 3. The lowest BCUT2D eigenvalue weighted by molar-refractivity contribution is -0.111. The number of morpholine rings is 1. The van der Waals surface area contributed by atoms with E-state index in [1.54, 1.807) is 54.6 Å². The van der Waals surface area contributed by atoms with Crippen LogP contribution in [0.5, 0.6) is 0 Å². The van der Waals surface area contributed by atoms with E-state index in [1.165, 1.54) is 12.1 Å². The van der Waals surface area contributed by atoms with E-state index in [9.17, 15) is 13.2 Å². The third-order valence-corrected chi connectivity index (χ3v) is 6.18. The van der Waals surface area contributed by atoms with Crippen molar-refractivity contribution in [2.45, 2.75) is 11.8 Å². The van der Waals surface area contributed by atoms with Crippen molar-refractivity contribution in [3.05, 3.63) is 71.8 Å². The Labute approximate surface area is 187 Å². The van der Waals surface area contributed by atoms with Gasteiger partial charge in [-0.3, -0.25) is 9.52 Å². The fourth-order valence-electron chi connectivity index (χ4n) is 3.04. The lowest BCUT2D eigenvalue weighted by Crippen LogP contribution is -2.37. The number of halogens is 1. The standard InChI is InChI=1S/C22H24ClN3O4S/c1-2-3-4-5-22(27)24-19-10-11-20(26-12-14-30-15-13-26)21(16-19)31(28,29)25-18-8-6-17(23)7-9-18/h2-11,16,25H,12-15H2,1H3,(H,24,27)/b3-2+,5-4+. The van der Waals surface area contributed by atoms with E-state index in [0.29, 0.717) is 48.4 Å². The molecule has 164 valence electrons. The van der Waals surface area contributed by atoms with Gasteiger partial charge >= 0.3 is 0 Å². The van der Waals surface area contributed by atoms with E-state index in [0.717, 1.165) is 0 Å². The highest BCUT2D eigenvalue weighted by Gasteiger charge is 2.24. The maximum atomic E-state index is 13.3. The number of carbonyl (C=O) groups excluding carboxylic acids is 1. The maximum absolute atomic E-state index is 13.3. The Morgan fingerprint density at radius 2 is 1.74 bits per heavy atom. The van der Waals surface area contributed by atoms with Crippen molar-refractivity contribution in [1.82, 2.24) is 0 Å². The zero-order valence-electron chi connectivity index (χ0n) is 17.0. The first kappa shape index (κ1) is 22.9. The minimum atomic E-state index is -3.94. The van der Waals surface area contributed by atoms with Crippen LogP contribution >= 0.6 is 11.6 Å². The first-order valence-corrected chi connectivity index (χ1v) is 11.6. The zero-order valence-corrected chi connectivity index (χ0v) is 18.6. The predicted molar refractivity (Wildman–Crippen MR) is 124 cm³/mol. The molecule has 31 heavy (non-hydrogen) atoms. The zero-order chi connectivity index (χ0) is 22.3. The van der Waals surface area contributed by atoms with E-state index in [2.05, 4.69) is 10.0 Å². The van der Waals surface area contributed by atoms with Crippen LogP contribution < -0.4 is 14.9 Å². The van der Waals surface area contributed by atoms with Gasteiger partial charge in [0.2, 0.25) is 5.91 Å². The number of sulfonamides is 1. The molecule has 0 bridgehead atoms. The average molecular weight is 462 g/mol. The summed E-state index contributed by atoms with van der Waals surface area (Å²) in [6.45, 7) is 4.01. The third kappa shape index (κ3) is 6.33. The van der Waals surface area contributed by atoms with Gasteiger partial charge in [-0.2, -0.15) is 0 Å². The topological polar surface area (TPSA) is 87.7 Å². The Balaban J connectivity index is 1.94. The Morgan fingerprint density at radius 3 is 2.42 bits per heavy atom. The molecular weight excluding hydrogens is 438 g/mol. The van der Waals surface area contributed by atoms with E-state index in [-0.39, 0.29) is 10.8 Å². The Kier molecular flexibility index (Phi) is 7.73. The first-order chi connectivity index (χ1) is 14.9. The maximum Gasteiger partial charge on any atom is 0.264 e. The molecule has 1 aliphatic rings. The second-order valence-corrected chi connectivity index (χ2v) is 8.86. The molecule has 0 unspecified atom stereocenters. The van der Waals surface area contributed by atoms with Gasteiger partial charge in [0, 0.05) is 35.6 Å². The van der Waals surface area contributed by atoms with Crippen LogP contribution in [0.15, 0.2) is 71.7 Å². The number of amides is 1. The summed E-state index contributed by atoms with van der Waals surface area (Å²) in [6, 6.07) is 11.2. The van der Waals surface area contributed by atoms with E-state index >= 15 is 0 Å². The number of hydrogen-bond acceptors (Lipinski definition) is 5. The number of ether oxygens (including phenoxy) is 1. The summed E-state index contributed by atoms with van der Waals surface area (Å²) in [5.74, 6) is -0.355. The van der Waals surface area contributed by atoms with Crippen LogP contribution in [0.3, 0.4) is 0 Å². The lowest BCUT2D eigenvalue weighted by Gasteiger charge is -2.30. The number of benzene rings is 2. The van der Waals surface area contributed by atoms with Crippen LogP contribution in [-0.2, 0) is 19.6 Å². The monoisotopic (exact) mass is 461 g/mol. The van der Waals surface area contributed by atoms with Crippen molar-refractivity contribution in [3.63, 3.8) is 0 Å². The third-order valence-electron chi connectivity index (χ3n) is 4.52. The molecule has 0 saturated carbocycles. The second-order valence-electron chi connectivity index (χ2n) is 6.77. The molecule has 1 fully saturated rings. The minimum Gasteiger partial charge on any atom is -0.378 e. The highest BCUT2D eigenvalue weighted by atomic mass is 35.5. The van der Waals surface area contributed by atoms with Crippen molar-refractivity contribution in [3.8, 4) is 0 Å². The summed E-state index contributed by atoms with van der Waals surface area (Å²) in [5.41, 5.74) is 1.32. The summed E-state index contributed by atoms with van der Waals surface area (Å²) in [6.07, 6.45) is 6.51. The average Bonchev–Trinajstić information content (AvgIpc) is 2.76. The van der Waals surface area contributed by atoms with Gasteiger partial charge in [-0.05, 0) is 49.4 Å². The summed E-state index contributed by atoms with van der Waals surface area (Å²) >= 11 is 5.90. The molecule has 7 nitrogen and oxygen atoms in total. The van der Waals surface area contributed by atoms with Gasteiger partial charge in [0.25, 0.3) is 10.0 Å². The van der Waals surface area contributed by atoms with Gasteiger partial charge in [-0.15, -0.1) is 0 Å². The van der Waals surface area contributed by atoms with Crippen molar-refractivity contribution < 1.29 is 17.9 Å². The van der Waals surface area contributed by atoms with Crippen molar-refractivity contribution in [1.29, 1.82) is 0 Å². The molecule has 3 rings (SSSR count). The molecule has 0 spiro atoms. The number of nitrogens with one attached hydrogen (secondary N) is 2. The summed E-state index contributed by atoms with van der Waals surface area (Å²) < 4.78 is 34.5. The SMILES string of the molecule is C/C=C/C=C/C(=O)Nc1ccc(N2CCOCC2)c(S(=O)(=O)Nc2ccc(Cl)cc2)c1. The largest absolute Gasteiger partial charge is 0.378 e. The first-order valence-electron chi connectivity index (χ1n) is 9.74. The Morgan fingerprint density at radius 1 is 1.06 bits per heavy atom. The quantitative estimate of drug-likeness (QED) is 0.479. The van der Waals surface area contributed by atoms with Crippen molar-refractivity contribution in [2.24, 2.45) is 0 Å². The van der Waals surface area contributed by atoms with Crippen molar-refractivity contribution >= 4 is 44.6 Å². The van der Waals surface area contributed by atoms with Crippen LogP contribution in [0.1, 0.15) is 6.92 Å². The van der Waals surface area contributed by atoms with Crippen LogP contribution in [0.4, 0.5) is 17.1 Å². The summed E-state index contributed by atoms with van der Waals surface area (Å²) in [5, 5.41) is 3.21. The molecule has 1 amide bonds. The molecule has 0 radical (unpaired) electrons. The van der Waals surface area contributed by atoms with Crippen molar-refractivity contribution in [2.75, 3.05) is 41.2 Å². The smallest absolute Gasteiger partial charge is 0.264 e. The number of hydrogen-bond donors (Lipinski definition) is 2. The van der Waals surface area contributed by atoms with E-state index in [1.807, 2.05) is 11.8 Å². The number of rotatable bonds is 7. The second kappa shape index (κ2) is 10.5. The molecule has 1 saturated heterocycles. The molecule has 2 aromatic carbocycles. The van der Waals surface area contributed by atoms with Crippen LogP contribution in [0.2, 0.25) is 5.02 Å². The summed E-state index contributed by atoms with van der Waals surface area (Å²) in [7, 11) is -3.94. The molecule has 0 aliphatic carbocycles. The Hall–Kier alpha value is -2.81. The number of nitrogens with zero attached hydrogens (tertiary/aromatic N) is 1. The number of carbonyl (C=O) groups is 1. The summed E-state index contributed by atoms with van der Waals surface area (Å²) in [4.78, 5) is 14.1. The minimum absolute atomic E-state index is 0.0691. The molecule has 2 aromatic rings. The molecule has 2 N–H and O–H groups in total. The molecular formula is C22H24ClN3O4S. The van der Waals surface area contributed by atoms with Crippen LogP contribution in [0, 0.1) is 0 Å². The van der Waals surface area contributed by atoms with Crippen LogP contribution in [0.25, 0.3) is 0 Å². The molecule has 9 heteroatoms. The normalized spacial score (nSPS) is 14.8. The van der Waals surface area contributed by atoms with Gasteiger partial charge in [0.15, 0.2) is 0 Å². The molecule has 1 heterocycles. The fourth-order valence-corrected chi connectivity index (χ4v) is 4.48. The van der Waals surface area contributed by atoms with E-state index < -0.39 is 10.0 Å². The van der Waals surface area contributed by atoms with Gasteiger partial charge in [-0.25, -0.2) is 8.42 Å². The highest BCUT2D eigenvalue weighted by Crippen LogP contribution is 2.31.